The maximum absolute atomic E-state index is 11.9. The van der Waals surface area contributed by atoms with Gasteiger partial charge >= 0.3 is 6.36 Å². The van der Waals surface area contributed by atoms with Crippen molar-refractivity contribution in [2.45, 2.75) is 6.36 Å². The van der Waals surface area contributed by atoms with Crippen LogP contribution in [0.4, 0.5) is 18.9 Å². The van der Waals surface area contributed by atoms with E-state index in [0.29, 0.717) is 3.57 Å². The molecule has 0 radical (unpaired) electrons. The summed E-state index contributed by atoms with van der Waals surface area (Å²) in [6.07, 6.45) is -4.87. The van der Waals surface area contributed by atoms with Crippen LogP contribution < -0.4 is 10.5 Å². The number of nitrogen functional groups attached to an aromatic ring is 1. The van der Waals surface area contributed by atoms with Crippen LogP contribution in [-0.2, 0) is 0 Å². The maximum Gasteiger partial charge on any atom is 0.574 e. The number of halogens is 4. The number of rotatable bonds is 1. The largest absolute Gasteiger partial charge is 0.574 e. The van der Waals surface area contributed by atoms with Gasteiger partial charge in [-0.15, -0.1) is 13.2 Å². The van der Waals surface area contributed by atoms with Gasteiger partial charge in [-0.05, 0) is 28.7 Å². The van der Waals surface area contributed by atoms with Gasteiger partial charge in [-0.25, -0.2) is 0 Å². The number of nitriles is 1. The van der Waals surface area contributed by atoms with E-state index in [2.05, 4.69) is 9.72 Å². The molecule has 2 N–H and O–H groups in total. The summed E-state index contributed by atoms with van der Waals surface area (Å²) in [4.78, 5) is 3.34. The molecule has 0 aliphatic heterocycles. The first-order valence-electron chi connectivity index (χ1n) is 3.45. The second-order valence-electron chi connectivity index (χ2n) is 2.37. The highest BCUT2D eigenvalue weighted by Gasteiger charge is 2.33. The van der Waals surface area contributed by atoms with Gasteiger partial charge < -0.3 is 10.5 Å². The van der Waals surface area contributed by atoms with Crippen molar-refractivity contribution in [3.05, 3.63) is 15.3 Å². The van der Waals surface area contributed by atoms with E-state index in [-0.39, 0.29) is 11.4 Å². The van der Waals surface area contributed by atoms with E-state index in [9.17, 15) is 13.2 Å². The van der Waals surface area contributed by atoms with E-state index >= 15 is 0 Å². The molecule has 0 aromatic carbocycles. The van der Waals surface area contributed by atoms with Gasteiger partial charge in [0.1, 0.15) is 6.07 Å². The van der Waals surface area contributed by atoms with Crippen LogP contribution in [0.3, 0.4) is 0 Å². The molecule has 8 heteroatoms. The monoisotopic (exact) mass is 329 g/mol. The van der Waals surface area contributed by atoms with Crippen LogP contribution in [0.1, 0.15) is 5.69 Å². The fraction of sp³-hybridized carbons (Fsp3) is 0.143. The molecule has 80 valence electrons. The second kappa shape index (κ2) is 4.09. The van der Waals surface area contributed by atoms with Gasteiger partial charge in [0.25, 0.3) is 0 Å². The Bertz CT molecular complexity index is 427. The molecule has 0 atom stereocenters. The number of nitrogens with two attached hydrogens (primary N) is 1. The zero-order chi connectivity index (χ0) is 11.6. The molecule has 1 heterocycles. The van der Waals surface area contributed by atoms with Crippen LogP contribution in [-0.4, -0.2) is 11.3 Å². The summed E-state index contributed by atoms with van der Waals surface area (Å²) in [6.45, 7) is 0. The highest BCUT2D eigenvalue weighted by molar-refractivity contribution is 14.1. The number of aromatic nitrogens is 1. The average molecular weight is 329 g/mol. The van der Waals surface area contributed by atoms with Crippen LogP contribution in [0.5, 0.6) is 5.88 Å². The first-order valence-corrected chi connectivity index (χ1v) is 4.53. The molecule has 0 saturated heterocycles. The molecule has 0 aliphatic rings. The Morgan fingerprint density at radius 2 is 2.13 bits per heavy atom. The fourth-order valence-corrected chi connectivity index (χ4v) is 1.33. The minimum Gasteiger partial charge on any atom is -0.394 e. The van der Waals surface area contributed by atoms with Gasteiger partial charge in [-0.2, -0.15) is 10.2 Å². The Balaban J connectivity index is 3.15. The Hall–Kier alpha value is -1.24. The van der Waals surface area contributed by atoms with Crippen LogP contribution in [0, 0.1) is 14.9 Å². The van der Waals surface area contributed by atoms with Crippen LogP contribution in [0.15, 0.2) is 6.07 Å². The van der Waals surface area contributed by atoms with E-state index < -0.39 is 12.2 Å². The predicted octanol–water partition coefficient (Wildman–Crippen LogP) is 2.04. The molecule has 0 bridgehead atoms. The summed E-state index contributed by atoms with van der Waals surface area (Å²) in [5.41, 5.74) is 4.82. The molecule has 0 saturated carbocycles. The van der Waals surface area contributed by atoms with Crippen LogP contribution >= 0.6 is 22.6 Å². The summed E-state index contributed by atoms with van der Waals surface area (Å²) in [6, 6.07) is 2.81. The number of anilines is 1. The molecule has 1 aromatic rings. The van der Waals surface area contributed by atoms with Crippen molar-refractivity contribution in [1.29, 1.82) is 5.26 Å². The van der Waals surface area contributed by atoms with Gasteiger partial charge in [0.2, 0.25) is 5.88 Å². The van der Waals surface area contributed by atoms with Crippen molar-refractivity contribution in [2.75, 3.05) is 5.73 Å². The van der Waals surface area contributed by atoms with Crippen LogP contribution in [0.25, 0.3) is 0 Å². The summed E-state index contributed by atoms with van der Waals surface area (Å²) < 4.78 is 39.5. The lowest BCUT2D eigenvalue weighted by Crippen LogP contribution is -2.19. The minimum atomic E-state index is -4.87. The number of alkyl halides is 3. The van der Waals surface area contributed by atoms with Gasteiger partial charge in [0.15, 0.2) is 5.69 Å². The number of nitrogens with zero attached hydrogens (tertiary/aromatic N) is 2. The average Bonchev–Trinajstić information content (AvgIpc) is 2.07. The lowest BCUT2D eigenvalue weighted by atomic mass is 10.3. The molecule has 0 spiro atoms. The lowest BCUT2D eigenvalue weighted by Gasteiger charge is -2.10. The molecular formula is C7H3F3IN3O. The van der Waals surface area contributed by atoms with Crippen molar-refractivity contribution in [3.8, 4) is 11.9 Å². The summed E-state index contributed by atoms with van der Waals surface area (Å²) in [5.74, 6) is -0.806. The van der Waals surface area contributed by atoms with Crippen molar-refractivity contribution < 1.29 is 17.9 Å². The Morgan fingerprint density at radius 3 is 2.60 bits per heavy atom. The Labute approximate surface area is 96.0 Å². The minimum absolute atomic E-state index is 0.163. The smallest absolute Gasteiger partial charge is 0.394 e. The Kier molecular flexibility index (Phi) is 3.23. The van der Waals surface area contributed by atoms with E-state index in [1.165, 1.54) is 6.07 Å². The number of ether oxygens (including phenoxy) is 1. The third-order valence-electron chi connectivity index (χ3n) is 1.29. The first-order chi connectivity index (χ1) is 6.83. The Morgan fingerprint density at radius 1 is 1.53 bits per heavy atom. The van der Waals surface area contributed by atoms with E-state index in [1.54, 1.807) is 28.7 Å². The summed E-state index contributed by atoms with van der Waals surface area (Å²) in [5, 5.41) is 8.54. The lowest BCUT2D eigenvalue weighted by molar-refractivity contribution is -0.275. The molecule has 4 nitrogen and oxygen atoms in total. The third kappa shape index (κ3) is 3.12. The van der Waals surface area contributed by atoms with Gasteiger partial charge in [0.05, 0.1) is 9.26 Å². The van der Waals surface area contributed by atoms with E-state index in [1.807, 2.05) is 0 Å². The summed E-state index contributed by atoms with van der Waals surface area (Å²) >= 11 is 1.74. The zero-order valence-electron chi connectivity index (χ0n) is 6.97. The second-order valence-corrected chi connectivity index (χ2v) is 3.53. The normalized spacial score (nSPS) is 10.9. The van der Waals surface area contributed by atoms with Gasteiger partial charge in [0, 0.05) is 0 Å². The van der Waals surface area contributed by atoms with E-state index in [0.717, 1.165) is 0 Å². The zero-order valence-corrected chi connectivity index (χ0v) is 9.13. The van der Waals surface area contributed by atoms with E-state index in [4.69, 9.17) is 11.0 Å². The SMILES string of the molecule is N#Cc1nc(OC(F)(F)F)c(N)cc1I. The van der Waals surface area contributed by atoms with Gasteiger partial charge in [-0.1, -0.05) is 0 Å². The first kappa shape index (κ1) is 11.8. The molecule has 0 unspecified atom stereocenters. The maximum atomic E-state index is 11.9. The molecule has 1 rings (SSSR count). The summed E-state index contributed by atoms with van der Waals surface area (Å²) in [7, 11) is 0. The molecular weight excluding hydrogens is 326 g/mol. The fourth-order valence-electron chi connectivity index (χ4n) is 0.756. The highest BCUT2D eigenvalue weighted by atomic mass is 127. The van der Waals surface area contributed by atoms with Crippen molar-refractivity contribution in [1.82, 2.24) is 4.98 Å². The molecule has 0 amide bonds. The quantitative estimate of drug-likeness (QED) is 0.801. The molecule has 0 aliphatic carbocycles. The van der Waals surface area contributed by atoms with Crippen LogP contribution in [0.2, 0.25) is 0 Å². The van der Waals surface area contributed by atoms with Crippen molar-refractivity contribution in [2.24, 2.45) is 0 Å². The molecule has 1 aromatic heterocycles. The molecule has 15 heavy (non-hydrogen) atoms. The van der Waals surface area contributed by atoms with Gasteiger partial charge in [-0.3, -0.25) is 0 Å². The van der Waals surface area contributed by atoms with Crippen molar-refractivity contribution >= 4 is 28.3 Å². The highest BCUT2D eigenvalue weighted by Crippen LogP contribution is 2.28. The standard InChI is InChI=1S/C7H3F3IN3O/c8-7(9,10)15-6-4(13)1-3(11)5(2-12)14-6/h1H,13H2. The number of hydrogen-bond acceptors (Lipinski definition) is 4. The van der Waals surface area contributed by atoms with Crippen molar-refractivity contribution in [3.63, 3.8) is 0 Å². The number of hydrogen-bond donors (Lipinski definition) is 1. The topological polar surface area (TPSA) is 71.9 Å². The third-order valence-corrected chi connectivity index (χ3v) is 2.11. The number of pyridine rings is 1. The molecule has 0 fully saturated rings. The predicted molar refractivity (Wildman–Crippen MR) is 52.8 cm³/mol.